The number of nitrogen functional groups attached to an aromatic ring is 1. The molecule has 0 heterocycles. The van der Waals surface area contributed by atoms with Crippen molar-refractivity contribution in [3.05, 3.63) is 23.8 Å². The lowest BCUT2D eigenvalue weighted by molar-refractivity contribution is -0.116. The first-order chi connectivity index (χ1) is 7.95. The maximum Gasteiger partial charge on any atom is 0.236 e. The van der Waals surface area contributed by atoms with Gasteiger partial charge in [0.15, 0.2) is 0 Å². The van der Waals surface area contributed by atoms with Gasteiger partial charge in [0.25, 0.3) is 0 Å². The fourth-order valence-corrected chi connectivity index (χ4v) is 1.60. The summed E-state index contributed by atoms with van der Waals surface area (Å²) in [7, 11) is 0. The number of nitrogens with two attached hydrogens (primary N) is 2. The molecule has 0 aliphatic carbocycles. The van der Waals surface area contributed by atoms with Gasteiger partial charge in [-0.15, -0.1) is 0 Å². The van der Waals surface area contributed by atoms with Gasteiger partial charge in [0, 0.05) is 6.04 Å². The zero-order chi connectivity index (χ0) is 13.0. The van der Waals surface area contributed by atoms with Crippen LogP contribution in [0.5, 0.6) is 0 Å². The molecule has 1 amide bonds. The standard InChI is InChI=1S/C12H16N4O/c1-8(2)16(7-12(15)17)11-4-3-9(6-13)5-10(11)14/h3-5,8H,7,14H2,1-2H3,(H2,15,17). The van der Waals surface area contributed by atoms with Crippen molar-refractivity contribution in [3.8, 4) is 6.07 Å². The summed E-state index contributed by atoms with van der Waals surface area (Å²) < 4.78 is 0. The molecule has 0 spiro atoms. The van der Waals surface area contributed by atoms with E-state index in [1.54, 1.807) is 23.1 Å². The highest BCUT2D eigenvalue weighted by molar-refractivity contribution is 5.82. The largest absolute Gasteiger partial charge is 0.397 e. The molecular formula is C12H16N4O. The zero-order valence-electron chi connectivity index (χ0n) is 9.97. The van der Waals surface area contributed by atoms with E-state index < -0.39 is 5.91 Å². The molecule has 1 rings (SSSR count). The lowest BCUT2D eigenvalue weighted by atomic mass is 10.1. The summed E-state index contributed by atoms with van der Waals surface area (Å²) in [6, 6.07) is 7.10. The minimum absolute atomic E-state index is 0.0951. The molecule has 1 aromatic rings. The van der Waals surface area contributed by atoms with Crippen LogP contribution in [0.2, 0.25) is 0 Å². The van der Waals surface area contributed by atoms with E-state index in [-0.39, 0.29) is 12.6 Å². The second-order valence-electron chi connectivity index (χ2n) is 4.07. The van der Waals surface area contributed by atoms with Crippen LogP contribution in [0.15, 0.2) is 18.2 Å². The lowest BCUT2D eigenvalue weighted by Gasteiger charge is -2.28. The third-order valence-electron chi connectivity index (χ3n) is 2.42. The molecule has 0 saturated carbocycles. The number of primary amides is 1. The summed E-state index contributed by atoms with van der Waals surface area (Å²) in [5.74, 6) is -0.414. The van der Waals surface area contributed by atoms with Gasteiger partial charge in [-0.25, -0.2) is 0 Å². The molecule has 0 aliphatic heterocycles. The smallest absolute Gasteiger partial charge is 0.236 e. The Morgan fingerprint density at radius 1 is 1.53 bits per heavy atom. The van der Waals surface area contributed by atoms with Crippen molar-refractivity contribution in [2.24, 2.45) is 5.73 Å². The molecule has 5 nitrogen and oxygen atoms in total. The minimum atomic E-state index is -0.414. The van der Waals surface area contributed by atoms with Crippen molar-refractivity contribution in [3.63, 3.8) is 0 Å². The Labute approximate surface area is 101 Å². The molecule has 0 unspecified atom stereocenters. The molecule has 90 valence electrons. The number of nitriles is 1. The summed E-state index contributed by atoms with van der Waals surface area (Å²) >= 11 is 0. The Morgan fingerprint density at radius 3 is 2.59 bits per heavy atom. The van der Waals surface area contributed by atoms with Crippen molar-refractivity contribution in [2.45, 2.75) is 19.9 Å². The molecule has 0 fully saturated rings. The van der Waals surface area contributed by atoms with Gasteiger partial charge in [0.1, 0.15) is 0 Å². The molecule has 0 saturated heterocycles. The number of benzene rings is 1. The minimum Gasteiger partial charge on any atom is -0.397 e. The van der Waals surface area contributed by atoms with Gasteiger partial charge in [-0.2, -0.15) is 5.26 Å². The monoisotopic (exact) mass is 232 g/mol. The van der Waals surface area contributed by atoms with E-state index in [4.69, 9.17) is 16.7 Å². The zero-order valence-corrected chi connectivity index (χ0v) is 9.97. The maximum absolute atomic E-state index is 11.0. The maximum atomic E-state index is 11.0. The number of hydrogen-bond acceptors (Lipinski definition) is 4. The first kappa shape index (κ1) is 12.8. The third kappa shape index (κ3) is 3.11. The van der Waals surface area contributed by atoms with E-state index in [0.717, 1.165) is 5.69 Å². The van der Waals surface area contributed by atoms with E-state index in [0.29, 0.717) is 11.3 Å². The predicted octanol–water partition coefficient (Wildman–Crippen LogP) is 0.841. The van der Waals surface area contributed by atoms with Gasteiger partial charge in [-0.3, -0.25) is 4.79 Å². The molecule has 1 aromatic carbocycles. The van der Waals surface area contributed by atoms with Crippen LogP contribution in [0.1, 0.15) is 19.4 Å². The van der Waals surface area contributed by atoms with Gasteiger partial charge in [0.2, 0.25) is 5.91 Å². The van der Waals surface area contributed by atoms with Crippen LogP contribution < -0.4 is 16.4 Å². The van der Waals surface area contributed by atoms with Crippen LogP contribution in [-0.4, -0.2) is 18.5 Å². The van der Waals surface area contributed by atoms with Crippen LogP contribution in [-0.2, 0) is 4.79 Å². The second kappa shape index (κ2) is 5.21. The SMILES string of the molecule is CC(C)N(CC(N)=O)c1ccc(C#N)cc1N. The summed E-state index contributed by atoms with van der Waals surface area (Å²) in [6.07, 6.45) is 0. The summed E-state index contributed by atoms with van der Waals surface area (Å²) in [5.41, 5.74) is 12.8. The number of anilines is 2. The summed E-state index contributed by atoms with van der Waals surface area (Å²) in [6.45, 7) is 3.99. The molecule has 17 heavy (non-hydrogen) atoms. The van der Waals surface area contributed by atoms with Gasteiger partial charge in [-0.05, 0) is 32.0 Å². The molecule has 0 radical (unpaired) electrons. The summed E-state index contributed by atoms with van der Waals surface area (Å²) in [4.78, 5) is 12.8. The number of carbonyl (C=O) groups is 1. The van der Waals surface area contributed by atoms with Crippen molar-refractivity contribution in [2.75, 3.05) is 17.2 Å². The highest BCUT2D eigenvalue weighted by Gasteiger charge is 2.15. The molecular weight excluding hydrogens is 216 g/mol. The Hall–Kier alpha value is -2.22. The Morgan fingerprint density at radius 2 is 2.18 bits per heavy atom. The van der Waals surface area contributed by atoms with Gasteiger partial charge >= 0.3 is 0 Å². The molecule has 5 heteroatoms. The highest BCUT2D eigenvalue weighted by Crippen LogP contribution is 2.25. The van der Waals surface area contributed by atoms with Gasteiger partial charge in [0.05, 0.1) is 29.6 Å². The normalized spacial score (nSPS) is 10.0. The molecule has 0 atom stereocenters. The van der Waals surface area contributed by atoms with Crippen LogP contribution in [0, 0.1) is 11.3 Å². The first-order valence-corrected chi connectivity index (χ1v) is 5.30. The molecule has 4 N–H and O–H groups in total. The van der Waals surface area contributed by atoms with Gasteiger partial charge in [-0.1, -0.05) is 0 Å². The highest BCUT2D eigenvalue weighted by atomic mass is 16.1. The molecule has 0 aliphatic rings. The van der Waals surface area contributed by atoms with E-state index in [1.807, 2.05) is 19.9 Å². The van der Waals surface area contributed by atoms with Crippen molar-refractivity contribution in [1.82, 2.24) is 0 Å². The summed E-state index contributed by atoms with van der Waals surface area (Å²) in [5, 5.41) is 8.75. The quantitative estimate of drug-likeness (QED) is 0.752. The van der Waals surface area contributed by atoms with Crippen LogP contribution >= 0.6 is 0 Å². The van der Waals surface area contributed by atoms with Crippen LogP contribution in [0.4, 0.5) is 11.4 Å². The number of rotatable bonds is 4. The average molecular weight is 232 g/mol. The number of hydrogen-bond donors (Lipinski definition) is 2. The van der Waals surface area contributed by atoms with Crippen molar-refractivity contribution < 1.29 is 4.79 Å². The van der Waals surface area contributed by atoms with Crippen LogP contribution in [0.3, 0.4) is 0 Å². The number of carbonyl (C=O) groups excluding carboxylic acids is 1. The second-order valence-corrected chi connectivity index (χ2v) is 4.07. The average Bonchev–Trinajstić information content (AvgIpc) is 2.25. The number of amides is 1. The Balaban J connectivity index is 3.11. The lowest BCUT2D eigenvalue weighted by Crippen LogP contribution is -2.39. The van der Waals surface area contributed by atoms with E-state index in [2.05, 4.69) is 0 Å². The number of nitrogens with zero attached hydrogens (tertiary/aromatic N) is 2. The Bertz CT molecular complexity index is 462. The predicted molar refractivity (Wildman–Crippen MR) is 67.2 cm³/mol. The van der Waals surface area contributed by atoms with E-state index in [9.17, 15) is 4.79 Å². The fourth-order valence-electron chi connectivity index (χ4n) is 1.60. The van der Waals surface area contributed by atoms with Crippen LogP contribution in [0.25, 0.3) is 0 Å². The van der Waals surface area contributed by atoms with E-state index in [1.165, 1.54) is 0 Å². The fraction of sp³-hybridized carbons (Fsp3) is 0.333. The molecule has 0 bridgehead atoms. The van der Waals surface area contributed by atoms with Crippen molar-refractivity contribution in [1.29, 1.82) is 5.26 Å². The Kier molecular flexibility index (Phi) is 3.94. The third-order valence-corrected chi connectivity index (χ3v) is 2.42. The van der Waals surface area contributed by atoms with Gasteiger partial charge < -0.3 is 16.4 Å². The first-order valence-electron chi connectivity index (χ1n) is 5.30. The van der Waals surface area contributed by atoms with E-state index >= 15 is 0 Å². The topological polar surface area (TPSA) is 96.1 Å². The van der Waals surface area contributed by atoms with Crippen molar-refractivity contribution >= 4 is 17.3 Å². The molecule has 0 aromatic heterocycles.